The van der Waals surface area contributed by atoms with Gasteiger partial charge in [0.15, 0.2) is 0 Å². The maximum Gasteiger partial charge on any atom is 0.274 e. The van der Waals surface area contributed by atoms with Crippen LogP contribution in [0.5, 0.6) is 5.75 Å². The number of likely N-dealkylation sites (tertiary alicyclic amines) is 1. The van der Waals surface area contributed by atoms with Crippen LogP contribution in [-0.2, 0) is 6.54 Å². The summed E-state index contributed by atoms with van der Waals surface area (Å²) in [5.74, 6) is 0.681. The fourth-order valence-corrected chi connectivity index (χ4v) is 3.89. The van der Waals surface area contributed by atoms with E-state index in [2.05, 4.69) is 5.10 Å². The highest BCUT2D eigenvalue weighted by Crippen LogP contribution is 2.33. The zero-order valence-electron chi connectivity index (χ0n) is 17.0. The highest BCUT2D eigenvalue weighted by atomic mass is 16.5. The van der Waals surface area contributed by atoms with E-state index in [0.29, 0.717) is 25.4 Å². The molecule has 3 aromatic rings. The van der Waals surface area contributed by atoms with E-state index in [-0.39, 0.29) is 17.5 Å². The molecule has 0 radical (unpaired) electrons. The maximum atomic E-state index is 13.2. The molecule has 2 aromatic carbocycles. The minimum atomic E-state index is -0.222. The average Bonchev–Trinajstić information content (AvgIpc) is 3.26. The van der Waals surface area contributed by atoms with Gasteiger partial charge in [0.2, 0.25) is 0 Å². The van der Waals surface area contributed by atoms with Crippen molar-refractivity contribution in [2.24, 2.45) is 0 Å². The van der Waals surface area contributed by atoms with Crippen molar-refractivity contribution >= 4 is 5.91 Å². The quantitative estimate of drug-likeness (QED) is 0.630. The first-order valence-corrected chi connectivity index (χ1v) is 10.3. The van der Waals surface area contributed by atoms with Crippen LogP contribution in [0.1, 0.15) is 47.4 Å². The van der Waals surface area contributed by atoms with Crippen molar-refractivity contribution in [3.05, 3.63) is 93.9 Å². The van der Waals surface area contributed by atoms with Gasteiger partial charge in [0, 0.05) is 12.6 Å². The molecule has 1 unspecified atom stereocenters. The van der Waals surface area contributed by atoms with E-state index in [1.54, 1.807) is 0 Å². The third-order valence-corrected chi connectivity index (χ3v) is 5.35. The van der Waals surface area contributed by atoms with E-state index in [1.165, 1.54) is 16.8 Å². The standard InChI is InChI=1S/C24H25N3O3/c1-2-30-20-12-10-19(11-13-20)22-9-6-16-26(22)24(29)21-14-15-23(28)27(25-21)17-18-7-4-3-5-8-18/h3-5,7-8,10-15,22H,2,6,9,16-17H2,1H3. The molecule has 2 heterocycles. The molecule has 6 nitrogen and oxygen atoms in total. The summed E-state index contributed by atoms with van der Waals surface area (Å²) in [6.07, 6.45) is 1.84. The van der Waals surface area contributed by atoms with Crippen LogP contribution in [0.3, 0.4) is 0 Å². The molecule has 30 heavy (non-hydrogen) atoms. The fourth-order valence-electron chi connectivity index (χ4n) is 3.89. The summed E-state index contributed by atoms with van der Waals surface area (Å²) in [7, 11) is 0. The summed E-state index contributed by atoms with van der Waals surface area (Å²) >= 11 is 0. The molecule has 1 amide bonds. The monoisotopic (exact) mass is 403 g/mol. The van der Waals surface area contributed by atoms with Crippen molar-refractivity contribution in [2.75, 3.05) is 13.2 Å². The van der Waals surface area contributed by atoms with Gasteiger partial charge in [0.25, 0.3) is 11.5 Å². The molecule has 1 fully saturated rings. The van der Waals surface area contributed by atoms with Gasteiger partial charge in [-0.25, -0.2) is 4.68 Å². The van der Waals surface area contributed by atoms with Crippen LogP contribution >= 0.6 is 0 Å². The minimum absolute atomic E-state index is 0.00415. The average molecular weight is 403 g/mol. The molecule has 0 aliphatic carbocycles. The first-order chi connectivity index (χ1) is 14.7. The Morgan fingerprint density at radius 3 is 2.57 bits per heavy atom. The number of benzene rings is 2. The predicted molar refractivity (Wildman–Crippen MR) is 115 cm³/mol. The van der Waals surface area contributed by atoms with E-state index in [4.69, 9.17) is 4.74 Å². The van der Waals surface area contributed by atoms with Crippen LogP contribution in [0.2, 0.25) is 0 Å². The first-order valence-electron chi connectivity index (χ1n) is 10.3. The van der Waals surface area contributed by atoms with Crippen molar-refractivity contribution in [3.63, 3.8) is 0 Å². The SMILES string of the molecule is CCOc1ccc(C2CCCN2C(=O)c2ccc(=O)n(Cc3ccccc3)n2)cc1. The highest BCUT2D eigenvalue weighted by molar-refractivity contribution is 5.92. The molecular formula is C24H25N3O3. The second-order valence-corrected chi connectivity index (χ2v) is 7.36. The lowest BCUT2D eigenvalue weighted by Crippen LogP contribution is -2.33. The summed E-state index contributed by atoms with van der Waals surface area (Å²) in [5, 5.41) is 4.37. The number of hydrogen-bond donors (Lipinski definition) is 0. The Morgan fingerprint density at radius 2 is 1.83 bits per heavy atom. The number of amides is 1. The lowest BCUT2D eigenvalue weighted by atomic mass is 10.0. The number of carbonyl (C=O) groups excluding carboxylic acids is 1. The van der Waals surface area contributed by atoms with Crippen LogP contribution in [-0.4, -0.2) is 33.7 Å². The number of hydrogen-bond acceptors (Lipinski definition) is 4. The zero-order valence-corrected chi connectivity index (χ0v) is 17.0. The van der Waals surface area contributed by atoms with Crippen molar-refractivity contribution in [1.29, 1.82) is 0 Å². The highest BCUT2D eigenvalue weighted by Gasteiger charge is 2.31. The molecule has 0 saturated carbocycles. The Hall–Kier alpha value is -3.41. The number of carbonyl (C=O) groups is 1. The molecule has 1 saturated heterocycles. The second-order valence-electron chi connectivity index (χ2n) is 7.36. The van der Waals surface area contributed by atoms with Gasteiger partial charge in [0.1, 0.15) is 11.4 Å². The third kappa shape index (κ3) is 4.27. The molecule has 154 valence electrons. The molecule has 1 atom stereocenters. The van der Waals surface area contributed by atoms with Crippen LogP contribution in [0.15, 0.2) is 71.5 Å². The minimum Gasteiger partial charge on any atom is -0.494 e. The molecule has 1 aliphatic rings. The van der Waals surface area contributed by atoms with E-state index in [0.717, 1.165) is 29.7 Å². The van der Waals surface area contributed by atoms with Crippen molar-refractivity contribution in [1.82, 2.24) is 14.7 Å². The van der Waals surface area contributed by atoms with Gasteiger partial charge in [-0.1, -0.05) is 42.5 Å². The number of nitrogens with zero attached hydrogens (tertiary/aromatic N) is 3. The Kier molecular flexibility index (Phi) is 5.93. The Labute approximate surface area is 175 Å². The number of ether oxygens (including phenoxy) is 1. The first kappa shape index (κ1) is 19.9. The zero-order chi connectivity index (χ0) is 20.9. The number of aromatic nitrogens is 2. The summed E-state index contributed by atoms with van der Waals surface area (Å²) in [4.78, 5) is 27.4. The Balaban J connectivity index is 1.56. The second kappa shape index (κ2) is 8.95. The van der Waals surface area contributed by atoms with Gasteiger partial charge in [-0.2, -0.15) is 5.10 Å². The van der Waals surface area contributed by atoms with E-state index >= 15 is 0 Å². The van der Waals surface area contributed by atoms with Crippen molar-refractivity contribution < 1.29 is 9.53 Å². The van der Waals surface area contributed by atoms with Gasteiger partial charge >= 0.3 is 0 Å². The summed E-state index contributed by atoms with van der Waals surface area (Å²) in [5.41, 5.74) is 2.12. The smallest absolute Gasteiger partial charge is 0.274 e. The summed E-state index contributed by atoms with van der Waals surface area (Å²) in [6.45, 7) is 3.59. The van der Waals surface area contributed by atoms with E-state index < -0.39 is 0 Å². The van der Waals surface area contributed by atoms with E-state index in [1.807, 2.05) is 66.4 Å². The lowest BCUT2D eigenvalue weighted by Gasteiger charge is -2.25. The molecule has 6 heteroatoms. The summed E-state index contributed by atoms with van der Waals surface area (Å²) < 4.78 is 6.87. The third-order valence-electron chi connectivity index (χ3n) is 5.35. The molecule has 0 N–H and O–H groups in total. The van der Waals surface area contributed by atoms with Crippen LogP contribution < -0.4 is 10.3 Å². The molecule has 1 aliphatic heterocycles. The fraction of sp³-hybridized carbons (Fsp3) is 0.292. The molecule has 1 aromatic heterocycles. The normalized spacial score (nSPS) is 15.9. The summed E-state index contributed by atoms with van der Waals surface area (Å²) in [6, 6.07) is 20.5. The van der Waals surface area contributed by atoms with Crippen molar-refractivity contribution in [2.45, 2.75) is 32.4 Å². The Morgan fingerprint density at radius 1 is 1.07 bits per heavy atom. The van der Waals surface area contributed by atoms with Crippen LogP contribution in [0.25, 0.3) is 0 Å². The predicted octanol–water partition coefficient (Wildman–Crippen LogP) is 3.67. The maximum absolute atomic E-state index is 13.2. The van der Waals surface area contributed by atoms with Gasteiger partial charge in [0.05, 0.1) is 19.2 Å². The van der Waals surface area contributed by atoms with Gasteiger partial charge in [-0.15, -0.1) is 0 Å². The largest absolute Gasteiger partial charge is 0.494 e. The van der Waals surface area contributed by atoms with E-state index in [9.17, 15) is 9.59 Å². The Bertz CT molecular complexity index is 1060. The molecule has 0 bridgehead atoms. The van der Waals surface area contributed by atoms with Gasteiger partial charge < -0.3 is 9.64 Å². The van der Waals surface area contributed by atoms with Crippen molar-refractivity contribution in [3.8, 4) is 5.75 Å². The molecular weight excluding hydrogens is 378 g/mol. The molecule has 0 spiro atoms. The van der Waals surface area contributed by atoms with Crippen LogP contribution in [0, 0.1) is 0 Å². The van der Waals surface area contributed by atoms with Crippen LogP contribution in [0.4, 0.5) is 0 Å². The topological polar surface area (TPSA) is 64.4 Å². The lowest BCUT2D eigenvalue weighted by molar-refractivity contribution is 0.0727. The van der Waals surface area contributed by atoms with Gasteiger partial charge in [-0.3, -0.25) is 9.59 Å². The number of rotatable bonds is 6. The van der Waals surface area contributed by atoms with Gasteiger partial charge in [-0.05, 0) is 49.1 Å². The molecule has 4 rings (SSSR count).